The topological polar surface area (TPSA) is 89.7 Å². The van der Waals surface area contributed by atoms with Gasteiger partial charge in [0.05, 0.1) is 0 Å². The number of carbonyl (C=O) groups is 1. The summed E-state index contributed by atoms with van der Waals surface area (Å²) in [5.41, 5.74) is 7.16. The highest BCUT2D eigenvalue weighted by molar-refractivity contribution is 9.10. The Kier molecular flexibility index (Phi) is 5.61. The fourth-order valence-corrected chi connectivity index (χ4v) is 3.09. The molecule has 138 valence electrons. The number of rotatable bonds is 7. The molecule has 0 fully saturated rings. The van der Waals surface area contributed by atoms with Gasteiger partial charge in [0.15, 0.2) is 16.1 Å². The molecule has 0 aromatic carbocycles. The first-order chi connectivity index (χ1) is 12.5. The number of hydrogen-bond donors (Lipinski definition) is 1. The second-order valence-corrected chi connectivity index (χ2v) is 6.91. The highest BCUT2D eigenvalue weighted by Crippen LogP contribution is 2.24. The lowest BCUT2D eigenvalue weighted by Crippen LogP contribution is -2.32. The summed E-state index contributed by atoms with van der Waals surface area (Å²) in [7, 11) is 0. The van der Waals surface area contributed by atoms with E-state index < -0.39 is 0 Å². The normalized spacial score (nSPS) is 11.2. The first-order valence-corrected chi connectivity index (χ1v) is 9.54. The number of hydrogen-bond acceptors (Lipinski definition) is 5. The molecule has 2 N–H and O–H groups in total. The molecule has 0 aliphatic carbocycles. The first-order valence-electron chi connectivity index (χ1n) is 8.74. The maximum Gasteiger partial charge on any atom is 0.254 e. The zero-order valence-electron chi connectivity index (χ0n) is 14.9. The summed E-state index contributed by atoms with van der Waals surface area (Å²) in [6.07, 6.45) is 2.93. The molecule has 0 atom stereocenters. The summed E-state index contributed by atoms with van der Waals surface area (Å²) in [4.78, 5) is 19.2. The molecule has 0 radical (unpaired) electrons. The summed E-state index contributed by atoms with van der Waals surface area (Å²) >= 11 is 3.27. The van der Waals surface area contributed by atoms with Crippen LogP contribution in [-0.2, 0) is 0 Å². The van der Waals surface area contributed by atoms with E-state index in [1.807, 2.05) is 4.90 Å². The molecule has 0 aliphatic rings. The van der Waals surface area contributed by atoms with Crippen molar-refractivity contribution in [3.63, 3.8) is 0 Å². The number of carbonyl (C=O) groups excluding carboxylic acids is 1. The SMILES string of the molecule is CCCCN(CCC)C(=O)c1cc(N)n2nc(-c3ccc(Br)o3)nc2c1. The lowest BCUT2D eigenvalue weighted by molar-refractivity contribution is 0.0753. The van der Waals surface area contributed by atoms with Gasteiger partial charge in [0.25, 0.3) is 5.91 Å². The van der Waals surface area contributed by atoms with Gasteiger partial charge in [-0.15, -0.1) is 5.10 Å². The molecule has 0 spiro atoms. The van der Waals surface area contributed by atoms with Crippen LogP contribution < -0.4 is 5.73 Å². The van der Waals surface area contributed by atoms with Crippen molar-refractivity contribution in [2.24, 2.45) is 0 Å². The maximum absolute atomic E-state index is 12.9. The first kappa shape index (κ1) is 18.4. The Morgan fingerprint density at radius 1 is 1.27 bits per heavy atom. The number of nitrogens with zero attached hydrogens (tertiary/aromatic N) is 4. The molecule has 3 heterocycles. The number of nitrogens with two attached hydrogens (primary N) is 1. The zero-order valence-corrected chi connectivity index (χ0v) is 16.5. The Bertz CT molecular complexity index is 918. The Morgan fingerprint density at radius 2 is 2.08 bits per heavy atom. The minimum atomic E-state index is -0.0280. The Labute approximate surface area is 160 Å². The standard InChI is InChI=1S/C18H22BrN5O2/c1-3-5-9-23(8-4-2)18(25)12-10-15(20)24-16(11-12)21-17(22-24)13-6-7-14(19)26-13/h6-7,10-11H,3-5,8-9,20H2,1-2H3. The fraction of sp³-hybridized carbons (Fsp3) is 0.389. The maximum atomic E-state index is 12.9. The van der Waals surface area contributed by atoms with E-state index in [4.69, 9.17) is 10.2 Å². The molecule has 0 aliphatic heterocycles. The number of furan rings is 1. The van der Waals surface area contributed by atoms with E-state index in [-0.39, 0.29) is 5.91 Å². The van der Waals surface area contributed by atoms with Gasteiger partial charge in [-0.1, -0.05) is 20.3 Å². The molecule has 3 aromatic heterocycles. The number of nitrogen functional groups attached to an aromatic ring is 1. The van der Waals surface area contributed by atoms with Crippen LogP contribution in [0.3, 0.4) is 0 Å². The van der Waals surface area contributed by atoms with Gasteiger partial charge in [-0.25, -0.2) is 4.98 Å². The van der Waals surface area contributed by atoms with Gasteiger partial charge < -0.3 is 15.1 Å². The smallest absolute Gasteiger partial charge is 0.254 e. The van der Waals surface area contributed by atoms with Crippen molar-refractivity contribution in [3.05, 3.63) is 34.5 Å². The summed E-state index contributed by atoms with van der Waals surface area (Å²) in [5, 5.41) is 4.37. The molecule has 8 heteroatoms. The van der Waals surface area contributed by atoms with Crippen LogP contribution >= 0.6 is 15.9 Å². The van der Waals surface area contributed by atoms with Crippen molar-refractivity contribution in [3.8, 4) is 11.6 Å². The lowest BCUT2D eigenvalue weighted by Gasteiger charge is -2.22. The number of fused-ring (bicyclic) bond motifs is 1. The van der Waals surface area contributed by atoms with E-state index in [9.17, 15) is 4.79 Å². The molecule has 0 saturated carbocycles. The van der Waals surface area contributed by atoms with E-state index in [2.05, 4.69) is 39.9 Å². The quantitative estimate of drug-likeness (QED) is 0.625. The second kappa shape index (κ2) is 7.90. The minimum absolute atomic E-state index is 0.0280. The van der Waals surface area contributed by atoms with E-state index in [1.54, 1.807) is 24.3 Å². The third-order valence-electron chi connectivity index (χ3n) is 4.07. The highest BCUT2D eigenvalue weighted by atomic mass is 79.9. The number of amides is 1. The van der Waals surface area contributed by atoms with Crippen molar-refractivity contribution in [1.82, 2.24) is 19.5 Å². The predicted octanol–water partition coefficient (Wildman–Crippen LogP) is 3.99. The van der Waals surface area contributed by atoms with Crippen LogP contribution in [-0.4, -0.2) is 38.5 Å². The van der Waals surface area contributed by atoms with Crippen LogP contribution in [0.25, 0.3) is 17.2 Å². The summed E-state index contributed by atoms with van der Waals surface area (Å²) in [6, 6.07) is 6.92. The fourth-order valence-electron chi connectivity index (χ4n) is 2.79. The van der Waals surface area contributed by atoms with Crippen LogP contribution in [0.5, 0.6) is 0 Å². The predicted molar refractivity (Wildman–Crippen MR) is 104 cm³/mol. The second-order valence-electron chi connectivity index (χ2n) is 6.12. The highest BCUT2D eigenvalue weighted by Gasteiger charge is 2.18. The van der Waals surface area contributed by atoms with Crippen LogP contribution in [0.15, 0.2) is 33.4 Å². The molecule has 3 rings (SSSR count). The monoisotopic (exact) mass is 419 g/mol. The largest absolute Gasteiger partial charge is 0.446 e. The van der Waals surface area contributed by atoms with E-state index >= 15 is 0 Å². The van der Waals surface area contributed by atoms with E-state index in [0.717, 1.165) is 32.4 Å². The van der Waals surface area contributed by atoms with E-state index in [1.165, 1.54) is 4.52 Å². The average Bonchev–Trinajstić information content (AvgIpc) is 3.24. The Morgan fingerprint density at radius 3 is 2.73 bits per heavy atom. The van der Waals surface area contributed by atoms with Crippen molar-refractivity contribution < 1.29 is 9.21 Å². The number of pyridine rings is 1. The summed E-state index contributed by atoms with van der Waals surface area (Å²) in [5.74, 6) is 1.29. The molecule has 3 aromatic rings. The van der Waals surface area contributed by atoms with Crippen molar-refractivity contribution in [2.45, 2.75) is 33.1 Å². The number of unbranched alkanes of at least 4 members (excludes halogenated alkanes) is 1. The number of anilines is 1. The number of halogens is 1. The molecular formula is C18H22BrN5O2. The van der Waals surface area contributed by atoms with Crippen LogP contribution in [0.4, 0.5) is 5.82 Å². The van der Waals surface area contributed by atoms with Gasteiger partial charge in [0, 0.05) is 18.7 Å². The average molecular weight is 420 g/mol. The Hall–Kier alpha value is -2.35. The van der Waals surface area contributed by atoms with Crippen LogP contribution in [0, 0.1) is 0 Å². The molecule has 7 nitrogen and oxygen atoms in total. The molecular weight excluding hydrogens is 398 g/mol. The van der Waals surface area contributed by atoms with Gasteiger partial charge in [-0.2, -0.15) is 4.52 Å². The van der Waals surface area contributed by atoms with Gasteiger partial charge >= 0.3 is 0 Å². The molecule has 0 saturated heterocycles. The third kappa shape index (κ3) is 3.75. The molecule has 1 amide bonds. The molecule has 0 bridgehead atoms. The van der Waals surface area contributed by atoms with Gasteiger partial charge in [-0.3, -0.25) is 4.79 Å². The van der Waals surface area contributed by atoms with Gasteiger partial charge in [0.2, 0.25) is 5.82 Å². The summed E-state index contributed by atoms with van der Waals surface area (Å²) in [6.45, 7) is 5.65. The number of aromatic nitrogens is 3. The van der Waals surface area contributed by atoms with Crippen LogP contribution in [0.1, 0.15) is 43.5 Å². The third-order valence-corrected chi connectivity index (χ3v) is 4.49. The van der Waals surface area contributed by atoms with Gasteiger partial charge in [-0.05, 0) is 53.0 Å². The lowest BCUT2D eigenvalue weighted by atomic mass is 10.2. The zero-order chi connectivity index (χ0) is 18.7. The van der Waals surface area contributed by atoms with Crippen LogP contribution in [0.2, 0.25) is 0 Å². The van der Waals surface area contributed by atoms with Crippen molar-refractivity contribution in [2.75, 3.05) is 18.8 Å². The summed E-state index contributed by atoms with van der Waals surface area (Å²) < 4.78 is 7.60. The molecule has 26 heavy (non-hydrogen) atoms. The molecule has 0 unspecified atom stereocenters. The van der Waals surface area contributed by atoms with Crippen molar-refractivity contribution in [1.29, 1.82) is 0 Å². The van der Waals surface area contributed by atoms with Gasteiger partial charge in [0.1, 0.15) is 5.82 Å². The van der Waals surface area contributed by atoms with E-state index in [0.29, 0.717) is 33.3 Å². The Balaban J connectivity index is 1.95. The van der Waals surface area contributed by atoms with Crippen molar-refractivity contribution >= 4 is 33.3 Å². The minimum Gasteiger partial charge on any atom is -0.446 e.